The number of thioether (sulfide) groups is 1. The first-order valence-corrected chi connectivity index (χ1v) is 5.24. The molecule has 1 N–H and O–H groups in total. The van der Waals surface area contributed by atoms with Crippen molar-refractivity contribution in [2.45, 2.75) is 18.2 Å². The van der Waals surface area contributed by atoms with E-state index in [-0.39, 0.29) is 6.61 Å². The number of aryl methyl sites for hydroxylation is 1. The molecule has 0 radical (unpaired) electrons. The Hall–Kier alpha value is -0.470. The lowest BCUT2D eigenvalue weighted by Crippen LogP contribution is -1.91. The van der Waals surface area contributed by atoms with E-state index in [0.29, 0.717) is 0 Å². The average Bonchev–Trinajstić information content (AvgIpc) is 2.04. The van der Waals surface area contributed by atoms with Crippen LogP contribution in [0.4, 0.5) is 0 Å². The second-order valence-electron chi connectivity index (χ2n) is 2.83. The van der Waals surface area contributed by atoms with Crippen LogP contribution in [0, 0.1) is 6.92 Å². The van der Waals surface area contributed by atoms with Gasteiger partial charge in [-0.3, -0.25) is 0 Å². The largest absolute Gasteiger partial charge is 0.396 e. The predicted molar refractivity (Wildman–Crippen MR) is 53.7 cm³/mol. The molecule has 0 amide bonds. The summed E-state index contributed by atoms with van der Waals surface area (Å²) in [5.41, 5.74) is 2.49. The predicted octanol–water partition coefficient (Wildman–Crippen LogP) is 2.25. The van der Waals surface area contributed by atoms with Gasteiger partial charge in [-0.25, -0.2) is 0 Å². The van der Waals surface area contributed by atoms with E-state index in [0.717, 1.165) is 6.42 Å². The van der Waals surface area contributed by atoms with Gasteiger partial charge in [0.2, 0.25) is 0 Å². The van der Waals surface area contributed by atoms with Gasteiger partial charge in [0.25, 0.3) is 0 Å². The number of aliphatic hydroxyl groups is 1. The Labute approximate surface area is 77.8 Å². The number of hydrogen-bond donors (Lipinski definition) is 1. The van der Waals surface area contributed by atoms with Crippen LogP contribution in [0.1, 0.15) is 11.1 Å². The quantitative estimate of drug-likeness (QED) is 0.723. The zero-order chi connectivity index (χ0) is 8.97. The van der Waals surface area contributed by atoms with Crippen LogP contribution in [-0.2, 0) is 6.42 Å². The fourth-order valence-electron chi connectivity index (χ4n) is 1.22. The minimum atomic E-state index is 0.233. The lowest BCUT2D eigenvalue weighted by atomic mass is 10.1. The Morgan fingerprint density at radius 3 is 2.67 bits per heavy atom. The van der Waals surface area contributed by atoms with Crippen LogP contribution in [0.25, 0.3) is 0 Å². The van der Waals surface area contributed by atoms with Crippen LogP contribution >= 0.6 is 11.8 Å². The van der Waals surface area contributed by atoms with Gasteiger partial charge in [-0.2, -0.15) is 0 Å². The van der Waals surface area contributed by atoms with Crippen molar-refractivity contribution in [1.82, 2.24) is 0 Å². The third-order valence-corrected chi connectivity index (χ3v) is 2.45. The van der Waals surface area contributed by atoms with Crippen molar-refractivity contribution in [1.29, 1.82) is 0 Å². The van der Waals surface area contributed by atoms with E-state index < -0.39 is 0 Å². The second kappa shape index (κ2) is 4.53. The Morgan fingerprint density at radius 1 is 1.33 bits per heavy atom. The lowest BCUT2D eigenvalue weighted by Gasteiger charge is -2.03. The molecule has 0 aliphatic carbocycles. The molecule has 0 aliphatic heterocycles. The third-order valence-electron chi connectivity index (χ3n) is 1.75. The van der Waals surface area contributed by atoms with E-state index in [1.807, 2.05) is 0 Å². The number of hydrogen-bond acceptors (Lipinski definition) is 2. The van der Waals surface area contributed by atoms with Crippen LogP contribution in [0.3, 0.4) is 0 Å². The van der Waals surface area contributed by atoms with Crippen LogP contribution < -0.4 is 0 Å². The Kier molecular flexibility index (Phi) is 3.63. The van der Waals surface area contributed by atoms with Gasteiger partial charge in [-0.05, 0) is 42.9 Å². The molecule has 0 bridgehead atoms. The molecule has 0 atom stereocenters. The molecule has 1 rings (SSSR count). The zero-order valence-corrected chi connectivity index (χ0v) is 8.32. The molecule has 0 aromatic heterocycles. The molecule has 0 saturated carbocycles. The molecular formula is C10H14OS. The number of rotatable bonds is 3. The van der Waals surface area contributed by atoms with Gasteiger partial charge < -0.3 is 5.11 Å². The summed E-state index contributed by atoms with van der Waals surface area (Å²) >= 11 is 1.74. The van der Waals surface area contributed by atoms with Gasteiger partial charge in [0, 0.05) is 11.5 Å². The summed E-state index contributed by atoms with van der Waals surface area (Å²) in [4.78, 5) is 1.28. The summed E-state index contributed by atoms with van der Waals surface area (Å²) in [6.45, 7) is 2.32. The molecule has 1 aromatic rings. The molecule has 0 heterocycles. The topological polar surface area (TPSA) is 20.2 Å². The first-order chi connectivity index (χ1) is 5.76. The highest BCUT2D eigenvalue weighted by molar-refractivity contribution is 7.98. The Bertz CT molecular complexity index is 258. The fourth-order valence-corrected chi connectivity index (χ4v) is 1.79. The van der Waals surface area contributed by atoms with Crippen molar-refractivity contribution in [2.24, 2.45) is 0 Å². The molecule has 66 valence electrons. The lowest BCUT2D eigenvalue weighted by molar-refractivity contribution is 0.299. The Morgan fingerprint density at radius 2 is 2.08 bits per heavy atom. The van der Waals surface area contributed by atoms with Crippen molar-refractivity contribution < 1.29 is 5.11 Å². The van der Waals surface area contributed by atoms with E-state index in [2.05, 4.69) is 31.4 Å². The number of benzene rings is 1. The molecule has 0 fully saturated rings. The van der Waals surface area contributed by atoms with Crippen molar-refractivity contribution in [2.75, 3.05) is 12.9 Å². The van der Waals surface area contributed by atoms with Gasteiger partial charge in [-0.15, -0.1) is 11.8 Å². The third kappa shape index (κ3) is 2.54. The average molecular weight is 182 g/mol. The second-order valence-corrected chi connectivity index (χ2v) is 3.71. The summed E-state index contributed by atoms with van der Waals surface area (Å²) in [5.74, 6) is 0. The van der Waals surface area contributed by atoms with Gasteiger partial charge in [0.05, 0.1) is 0 Å². The van der Waals surface area contributed by atoms with Crippen LogP contribution in [0.5, 0.6) is 0 Å². The molecular weight excluding hydrogens is 168 g/mol. The van der Waals surface area contributed by atoms with Crippen molar-refractivity contribution in [3.05, 3.63) is 29.3 Å². The summed E-state index contributed by atoms with van der Waals surface area (Å²) < 4.78 is 0. The molecule has 1 nitrogen and oxygen atoms in total. The summed E-state index contributed by atoms with van der Waals surface area (Å²) in [5, 5.41) is 8.77. The van der Waals surface area contributed by atoms with Crippen molar-refractivity contribution in [3.63, 3.8) is 0 Å². The minimum Gasteiger partial charge on any atom is -0.396 e. The highest BCUT2D eigenvalue weighted by Crippen LogP contribution is 2.18. The maximum absolute atomic E-state index is 8.77. The molecule has 0 spiro atoms. The van der Waals surface area contributed by atoms with Gasteiger partial charge in [0.15, 0.2) is 0 Å². The first kappa shape index (κ1) is 9.62. The van der Waals surface area contributed by atoms with Crippen LogP contribution in [0.2, 0.25) is 0 Å². The van der Waals surface area contributed by atoms with Crippen LogP contribution in [-0.4, -0.2) is 18.0 Å². The SMILES string of the molecule is CSc1cc(C)cc(CCO)c1. The molecule has 12 heavy (non-hydrogen) atoms. The Balaban J connectivity index is 2.90. The van der Waals surface area contributed by atoms with E-state index in [1.54, 1.807) is 11.8 Å². The molecule has 0 aliphatic rings. The zero-order valence-electron chi connectivity index (χ0n) is 7.50. The van der Waals surface area contributed by atoms with E-state index >= 15 is 0 Å². The monoisotopic (exact) mass is 182 g/mol. The smallest absolute Gasteiger partial charge is 0.0471 e. The highest BCUT2D eigenvalue weighted by Gasteiger charge is 1.96. The summed E-state index contributed by atoms with van der Waals surface area (Å²) in [7, 11) is 0. The standard InChI is InChI=1S/C10H14OS/c1-8-5-9(3-4-11)7-10(6-8)12-2/h5-7,11H,3-4H2,1-2H3. The van der Waals surface area contributed by atoms with E-state index in [4.69, 9.17) is 5.11 Å². The molecule has 1 aromatic carbocycles. The maximum atomic E-state index is 8.77. The van der Waals surface area contributed by atoms with E-state index in [9.17, 15) is 0 Å². The highest BCUT2D eigenvalue weighted by atomic mass is 32.2. The van der Waals surface area contributed by atoms with Gasteiger partial charge >= 0.3 is 0 Å². The first-order valence-electron chi connectivity index (χ1n) is 4.01. The maximum Gasteiger partial charge on any atom is 0.0471 e. The summed E-state index contributed by atoms with van der Waals surface area (Å²) in [6, 6.07) is 6.41. The summed E-state index contributed by atoms with van der Waals surface area (Å²) in [6.07, 6.45) is 2.83. The molecule has 0 unspecified atom stereocenters. The molecule has 2 heteroatoms. The van der Waals surface area contributed by atoms with Crippen molar-refractivity contribution >= 4 is 11.8 Å². The minimum absolute atomic E-state index is 0.233. The molecule has 0 saturated heterocycles. The number of aliphatic hydroxyl groups excluding tert-OH is 1. The van der Waals surface area contributed by atoms with Gasteiger partial charge in [0.1, 0.15) is 0 Å². The van der Waals surface area contributed by atoms with Gasteiger partial charge in [-0.1, -0.05) is 6.07 Å². The normalized spacial score (nSPS) is 10.2. The van der Waals surface area contributed by atoms with E-state index in [1.165, 1.54) is 16.0 Å². The fraction of sp³-hybridized carbons (Fsp3) is 0.400. The van der Waals surface area contributed by atoms with Crippen molar-refractivity contribution in [3.8, 4) is 0 Å². The van der Waals surface area contributed by atoms with Crippen LogP contribution in [0.15, 0.2) is 23.1 Å².